The molecule has 4 rings (SSSR count). The highest BCUT2D eigenvalue weighted by Gasteiger charge is 2.14. The third-order valence-corrected chi connectivity index (χ3v) is 4.08. The Hall–Kier alpha value is -3.41. The largest absolute Gasteiger partial charge is 0.508 e. The van der Waals surface area contributed by atoms with Crippen LogP contribution in [0.2, 0.25) is 0 Å². The van der Waals surface area contributed by atoms with Gasteiger partial charge in [0, 0.05) is 28.3 Å². The summed E-state index contributed by atoms with van der Waals surface area (Å²) in [5.41, 5.74) is 3.30. The zero-order chi connectivity index (χ0) is 17.4. The van der Waals surface area contributed by atoms with E-state index in [9.17, 15) is 5.11 Å². The Labute approximate surface area is 144 Å². The average Bonchev–Trinajstić information content (AvgIpc) is 3.04. The summed E-state index contributed by atoms with van der Waals surface area (Å²) in [5, 5.41) is 21.3. The van der Waals surface area contributed by atoms with Crippen LogP contribution < -0.4 is 5.32 Å². The molecule has 0 fully saturated rings. The molecule has 3 N–H and O–H groups in total. The lowest BCUT2D eigenvalue weighted by atomic mass is 10.1. The number of benzene rings is 2. The van der Waals surface area contributed by atoms with E-state index < -0.39 is 0 Å². The van der Waals surface area contributed by atoms with Crippen molar-refractivity contribution in [3.05, 3.63) is 59.8 Å². The third kappa shape index (κ3) is 2.78. The van der Waals surface area contributed by atoms with Gasteiger partial charge in [0.15, 0.2) is 11.6 Å². The highest BCUT2D eigenvalue weighted by molar-refractivity contribution is 5.95. The molecule has 0 spiro atoms. The van der Waals surface area contributed by atoms with Crippen LogP contribution in [0.3, 0.4) is 0 Å². The molecule has 2 heterocycles. The molecule has 0 aliphatic carbocycles. The van der Waals surface area contributed by atoms with Gasteiger partial charge < -0.3 is 10.4 Å². The summed E-state index contributed by atoms with van der Waals surface area (Å²) >= 11 is 0. The van der Waals surface area contributed by atoms with Crippen molar-refractivity contribution in [3.8, 4) is 17.1 Å². The van der Waals surface area contributed by atoms with E-state index in [2.05, 4.69) is 25.5 Å². The summed E-state index contributed by atoms with van der Waals surface area (Å²) in [6.07, 6.45) is 0. The third-order valence-electron chi connectivity index (χ3n) is 4.08. The van der Waals surface area contributed by atoms with E-state index in [0.717, 1.165) is 22.2 Å². The first kappa shape index (κ1) is 15.1. The van der Waals surface area contributed by atoms with Gasteiger partial charge in [-0.15, -0.1) is 0 Å². The fourth-order valence-electron chi connectivity index (χ4n) is 2.74. The molecular formula is C19H17N5O. The standard InChI is InChI=1S/C19H17N5O/c1-11-10-16(24-23-11)20-19-14-8-9-15(25)12(2)17(14)21-18(22-19)13-6-4-3-5-7-13/h3-10,25H,1-2H3,(H2,20,21,22,23,24). The van der Waals surface area contributed by atoms with Gasteiger partial charge in [0.25, 0.3) is 0 Å². The van der Waals surface area contributed by atoms with Crippen molar-refractivity contribution >= 4 is 22.5 Å². The van der Waals surface area contributed by atoms with Gasteiger partial charge in [-0.25, -0.2) is 9.97 Å². The molecule has 0 radical (unpaired) electrons. The topological polar surface area (TPSA) is 86.7 Å². The van der Waals surface area contributed by atoms with Crippen LogP contribution in [-0.4, -0.2) is 25.3 Å². The maximum Gasteiger partial charge on any atom is 0.162 e. The van der Waals surface area contributed by atoms with Crippen molar-refractivity contribution in [2.45, 2.75) is 13.8 Å². The molecule has 0 saturated heterocycles. The van der Waals surface area contributed by atoms with Gasteiger partial charge in [0.05, 0.1) is 5.52 Å². The van der Waals surface area contributed by atoms with Gasteiger partial charge in [-0.05, 0) is 26.0 Å². The van der Waals surface area contributed by atoms with E-state index in [-0.39, 0.29) is 5.75 Å². The van der Waals surface area contributed by atoms with E-state index >= 15 is 0 Å². The molecule has 0 atom stereocenters. The number of rotatable bonds is 3. The Bertz CT molecular complexity index is 1060. The number of hydrogen-bond donors (Lipinski definition) is 3. The number of hydrogen-bond acceptors (Lipinski definition) is 5. The number of phenolic OH excluding ortho intramolecular Hbond substituents is 1. The summed E-state index contributed by atoms with van der Waals surface area (Å²) in [7, 11) is 0. The smallest absolute Gasteiger partial charge is 0.162 e. The molecule has 0 unspecified atom stereocenters. The van der Waals surface area contributed by atoms with Crippen molar-refractivity contribution in [1.82, 2.24) is 20.2 Å². The van der Waals surface area contributed by atoms with Crippen molar-refractivity contribution in [3.63, 3.8) is 0 Å². The zero-order valence-electron chi connectivity index (χ0n) is 13.9. The molecule has 0 saturated carbocycles. The average molecular weight is 331 g/mol. The Kier molecular flexibility index (Phi) is 3.57. The van der Waals surface area contributed by atoms with Gasteiger partial charge in [0.2, 0.25) is 0 Å². The first-order valence-electron chi connectivity index (χ1n) is 7.96. The monoisotopic (exact) mass is 331 g/mol. The van der Waals surface area contributed by atoms with E-state index in [1.54, 1.807) is 6.07 Å². The van der Waals surface area contributed by atoms with Crippen molar-refractivity contribution in [2.75, 3.05) is 5.32 Å². The maximum atomic E-state index is 10.1. The second-order valence-electron chi connectivity index (χ2n) is 5.93. The first-order chi connectivity index (χ1) is 12.1. The molecule has 2 aromatic carbocycles. The summed E-state index contributed by atoms with van der Waals surface area (Å²) in [6.45, 7) is 3.79. The van der Waals surface area contributed by atoms with Crippen LogP contribution in [0.5, 0.6) is 5.75 Å². The molecule has 25 heavy (non-hydrogen) atoms. The predicted octanol–water partition coefficient (Wildman–Crippen LogP) is 4.09. The molecule has 0 aliphatic heterocycles. The van der Waals surface area contributed by atoms with Gasteiger partial charge in [-0.3, -0.25) is 5.10 Å². The second kappa shape index (κ2) is 5.90. The molecule has 0 bridgehead atoms. The minimum absolute atomic E-state index is 0.215. The summed E-state index contributed by atoms with van der Waals surface area (Å²) in [4.78, 5) is 9.36. The maximum absolute atomic E-state index is 10.1. The number of phenols is 1. The van der Waals surface area contributed by atoms with Gasteiger partial charge in [-0.2, -0.15) is 5.10 Å². The quantitative estimate of drug-likeness (QED) is 0.526. The lowest BCUT2D eigenvalue weighted by Gasteiger charge is -2.12. The number of H-pyrrole nitrogens is 1. The fourth-order valence-corrected chi connectivity index (χ4v) is 2.74. The van der Waals surface area contributed by atoms with E-state index in [1.165, 1.54) is 0 Å². The molecule has 0 amide bonds. The second-order valence-corrected chi connectivity index (χ2v) is 5.93. The van der Waals surface area contributed by atoms with Crippen molar-refractivity contribution in [2.24, 2.45) is 0 Å². The van der Waals surface area contributed by atoms with Gasteiger partial charge in [-0.1, -0.05) is 30.3 Å². The Morgan fingerprint density at radius 1 is 1.00 bits per heavy atom. The minimum Gasteiger partial charge on any atom is -0.508 e. The molecule has 4 aromatic rings. The number of nitrogens with zero attached hydrogens (tertiary/aromatic N) is 3. The van der Waals surface area contributed by atoms with E-state index in [4.69, 9.17) is 0 Å². The molecule has 6 heteroatoms. The minimum atomic E-state index is 0.215. The van der Waals surface area contributed by atoms with Crippen LogP contribution in [0.15, 0.2) is 48.5 Å². The Balaban J connectivity index is 1.94. The molecule has 2 aromatic heterocycles. The van der Waals surface area contributed by atoms with Crippen LogP contribution >= 0.6 is 0 Å². The highest BCUT2D eigenvalue weighted by Crippen LogP contribution is 2.32. The number of aromatic nitrogens is 4. The van der Waals surface area contributed by atoms with Crippen molar-refractivity contribution in [1.29, 1.82) is 0 Å². The number of aromatic hydroxyl groups is 1. The number of aromatic amines is 1. The Morgan fingerprint density at radius 2 is 1.80 bits per heavy atom. The molecule has 6 nitrogen and oxygen atoms in total. The van der Waals surface area contributed by atoms with Crippen molar-refractivity contribution < 1.29 is 5.11 Å². The number of fused-ring (bicyclic) bond motifs is 1. The molecule has 0 aliphatic rings. The lowest BCUT2D eigenvalue weighted by Crippen LogP contribution is -2.00. The zero-order valence-corrected chi connectivity index (χ0v) is 13.9. The van der Waals surface area contributed by atoms with Crippen LogP contribution in [0, 0.1) is 13.8 Å². The van der Waals surface area contributed by atoms with Crippen LogP contribution in [0.25, 0.3) is 22.3 Å². The highest BCUT2D eigenvalue weighted by atomic mass is 16.3. The summed E-state index contributed by atoms with van der Waals surface area (Å²) in [6, 6.07) is 15.1. The predicted molar refractivity (Wildman–Crippen MR) is 98.0 cm³/mol. The summed E-state index contributed by atoms with van der Waals surface area (Å²) in [5.74, 6) is 2.14. The van der Waals surface area contributed by atoms with Gasteiger partial charge in [0.1, 0.15) is 11.6 Å². The van der Waals surface area contributed by atoms with Crippen LogP contribution in [-0.2, 0) is 0 Å². The van der Waals surface area contributed by atoms with Gasteiger partial charge >= 0.3 is 0 Å². The van der Waals surface area contributed by atoms with Crippen LogP contribution in [0.4, 0.5) is 11.6 Å². The fraction of sp³-hybridized carbons (Fsp3) is 0.105. The normalized spacial score (nSPS) is 11.0. The number of anilines is 2. The molecular weight excluding hydrogens is 314 g/mol. The first-order valence-corrected chi connectivity index (χ1v) is 7.96. The lowest BCUT2D eigenvalue weighted by molar-refractivity contribution is 0.472. The van der Waals surface area contributed by atoms with E-state index in [1.807, 2.05) is 56.3 Å². The van der Waals surface area contributed by atoms with E-state index in [0.29, 0.717) is 23.0 Å². The van der Waals surface area contributed by atoms with Crippen LogP contribution in [0.1, 0.15) is 11.3 Å². The summed E-state index contributed by atoms with van der Waals surface area (Å²) < 4.78 is 0. The Morgan fingerprint density at radius 3 is 2.52 bits per heavy atom. The number of nitrogens with one attached hydrogen (secondary N) is 2. The molecule has 124 valence electrons. The number of aryl methyl sites for hydroxylation is 2. The SMILES string of the molecule is Cc1cc(Nc2nc(-c3ccccc3)nc3c(C)c(O)ccc23)n[nH]1.